The van der Waals surface area contributed by atoms with Crippen LogP contribution < -0.4 is 9.46 Å². The summed E-state index contributed by atoms with van der Waals surface area (Å²) in [6.45, 7) is 1.41. The summed E-state index contributed by atoms with van der Waals surface area (Å²) < 4.78 is 29.8. The summed E-state index contributed by atoms with van der Waals surface area (Å²) >= 11 is 0. The van der Waals surface area contributed by atoms with Crippen LogP contribution in [0.3, 0.4) is 0 Å². The lowest BCUT2D eigenvalue weighted by molar-refractivity contribution is -0.130. The van der Waals surface area contributed by atoms with Gasteiger partial charge in [0.15, 0.2) is 0 Å². The Bertz CT molecular complexity index is 688. The smallest absolute Gasteiger partial charge is 0.223 e. The van der Waals surface area contributed by atoms with Gasteiger partial charge in [-0.1, -0.05) is 12.1 Å². The zero-order chi connectivity index (χ0) is 18.6. The zero-order valence-electron chi connectivity index (χ0n) is 15.2. The lowest BCUT2D eigenvalue weighted by Crippen LogP contribution is -2.36. The third kappa shape index (κ3) is 5.42. The highest BCUT2D eigenvalue weighted by Crippen LogP contribution is 2.31. The van der Waals surface area contributed by atoms with Gasteiger partial charge in [0.1, 0.15) is 5.75 Å². The first kappa shape index (κ1) is 19.7. The molecule has 1 N–H and O–H groups in total. The van der Waals surface area contributed by atoms with E-state index in [1.807, 2.05) is 43.3 Å². The molecule has 2 atom stereocenters. The monoisotopic (exact) mass is 369 g/mol. The van der Waals surface area contributed by atoms with Crippen molar-refractivity contribution in [3.05, 3.63) is 29.8 Å². The molecular formula is C17H27N3O4S. The van der Waals surface area contributed by atoms with Crippen molar-refractivity contribution in [2.45, 2.75) is 18.4 Å². The highest BCUT2D eigenvalue weighted by Gasteiger charge is 2.37. The molecule has 7 nitrogen and oxygen atoms in total. The number of nitrogens with one attached hydrogen (secondary N) is 1. The molecule has 0 spiro atoms. The molecule has 0 aliphatic carbocycles. The van der Waals surface area contributed by atoms with Gasteiger partial charge in [0.25, 0.3) is 0 Å². The average Bonchev–Trinajstić information content (AvgIpc) is 2.99. The Labute approximate surface area is 150 Å². The fourth-order valence-electron chi connectivity index (χ4n) is 3.19. The van der Waals surface area contributed by atoms with Gasteiger partial charge in [-0.3, -0.25) is 4.79 Å². The topological polar surface area (TPSA) is 79.0 Å². The van der Waals surface area contributed by atoms with Gasteiger partial charge in [0.2, 0.25) is 15.9 Å². The number of amides is 1. The Morgan fingerprint density at radius 2 is 1.92 bits per heavy atom. The van der Waals surface area contributed by atoms with Gasteiger partial charge >= 0.3 is 0 Å². The van der Waals surface area contributed by atoms with Gasteiger partial charge in [0, 0.05) is 38.0 Å². The van der Waals surface area contributed by atoms with Gasteiger partial charge in [-0.15, -0.1) is 0 Å². The van der Waals surface area contributed by atoms with Crippen molar-refractivity contribution < 1.29 is 17.9 Å². The molecule has 1 aromatic rings. The number of carbonyl (C=O) groups excluding carboxylic acids is 1. The van der Waals surface area contributed by atoms with Gasteiger partial charge in [-0.05, 0) is 31.8 Å². The molecule has 2 rings (SSSR count). The second kappa shape index (κ2) is 8.16. The predicted octanol–water partition coefficient (Wildman–Crippen LogP) is 0.491. The quantitative estimate of drug-likeness (QED) is 0.757. The molecule has 8 heteroatoms. The normalized spacial score (nSPS) is 20.9. The zero-order valence-corrected chi connectivity index (χ0v) is 16.0. The Kier molecular flexibility index (Phi) is 6.42. The molecular weight excluding hydrogens is 342 g/mol. The van der Waals surface area contributed by atoms with E-state index in [9.17, 15) is 13.2 Å². The van der Waals surface area contributed by atoms with E-state index >= 15 is 0 Å². The SMILES string of the molecule is COc1ccc([C@@H]2CN(C(=O)CCNS(C)(=O)=O)C[C@H]2N(C)C)cc1. The molecule has 1 saturated heterocycles. The van der Waals surface area contributed by atoms with Gasteiger partial charge in [0.05, 0.1) is 13.4 Å². The van der Waals surface area contributed by atoms with Crippen molar-refractivity contribution in [1.29, 1.82) is 0 Å². The predicted molar refractivity (Wildman–Crippen MR) is 97.3 cm³/mol. The first-order valence-electron chi connectivity index (χ1n) is 8.24. The molecule has 1 heterocycles. The van der Waals surface area contributed by atoms with Crippen molar-refractivity contribution in [2.24, 2.45) is 0 Å². The Morgan fingerprint density at radius 3 is 2.44 bits per heavy atom. The molecule has 1 aromatic carbocycles. The van der Waals surface area contributed by atoms with Crippen LogP contribution in [0.2, 0.25) is 0 Å². The molecule has 1 aliphatic rings. The maximum absolute atomic E-state index is 12.4. The number of hydrogen-bond donors (Lipinski definition) is 1. The van der Waals surface area contributed by atoms with Crippen molar-refractivity contribution in [3.8, 4) is 5.75 Å². The molecule has 0 aromatic heterocycles. The highest BCUT2D eigenvalue weighted by atomic mass is 32.2. The summed E-state index contributed by atoms with van der Waals surface area (Å²) in [4.78, 5) is 16.4. The highest BCUT2D eigenvalue weighted by molar-refractivity contribution is 7.88. The van der Waals surface area contributed by atoms with E-state index in [0.29, 0.717) is 13.1 Å². The van der Waals surface area contributed by atoms with Crippen LogP contribution in [-0.4, -0.2) is 77.3 Å². The Balaban J connectivity index is 2.04. The molecule has 0 unspecified atom stereocenters. The maximum atomic E-state index is 12.4. The van der Waals surface area contributed by atoms with E-state index in [0.717, 1.165) is 12.0 Å². The molecule has 1 aliphatic heterocycles. The van der Waals surface area contributed by atoms with Crippen LogP contribution in [0, 0.1) is 0 Å². The third-order valence-corrected chi connectivity index (χ3v) is 5.28. The summed E-state index contributed by atoms with van der Waals surface area (Å²) in [7, 11) is 2.40. The number of hydrogen-bond acceptors (Lipinski definition) is 5. The number of benzene rings is 1. The fourth-order valence-corrected chi connectivity index (χ4v) is 3.67. The summed E-state index contributed by atoms with van der Waals surface area (Å²) in [6, 6.07) is 8.17. The van der Waals surface area contributed by atoms with Gasteiger partial charge in [-0.2, -0.15) is 0 Å². The minimum atomic E-state index is -3.27. The number of rotatable bonds is 7. The molecule has 0 radical (unpaired) electrons. The van der Waals surface area contributed by atoms with E-state index in [1.165, 1.54) is 5.56 Å². The fraction of sp³-hybridized carbons (Fsp3) is 0.588. The summed E-state index contributed by atoms with van der Waals surface area (Å²) in [5, 5.41) is 0. The Morgan fingerprint density at radius 1 is 1.28 bits per heavy atom. The van der Waals surface area contributed by atoms with Crippen molar-refractivity contribution >= 4 is 15.9 Å². The van der Waals surface area contributed by atoms with E-state index < -0.39 is 10.0 Å². The Hall–Kier alpha value is -1.64. The van der Waals surface area contributed by atoms with Gasteiger partial charge in [-0.25, -0.2) is 13.1 Å². The van der Waals surface area contributed by atoms with Crippen LogP contribution in [0.15, 0.2) is 24.3 Å². The second-order valence-corrected chi connectivity index (χ2v) is 8.46. The minimum Gasteiger partial charge on any atom is -0.497 e. The van der Waals surface area contributed by atoms with E-state index in [2.05, 4.69) is 9.62 Å². The second-order valence-electron chi connectivity index (χ2n) is 6.63. The van der Waals surface area contributed by atoms with E-state index in [4.69, 9.17) is 4.74 Å². The van der Waals surface area contributed by atoms with Crippen molar-refractivity contribution in [3.63, 3.8) is 0 Å². The number of ether oxygens (including phenoxy) is 1. The summed E-state index contributed by atoms with van der Waals surface area (Å²) in [5.41, 5.74) is 1.17. The third-order valence-electron chi connectivity index (χ3n) is 4.55. The largest absolute Gasteiger partial charge is 0.497 e. The number of nitrogens with zero attached hydrogens (tertiary/aromatic N) is 2. The van der Waals surface area contributed by atoms with Gasteiger partial charge < -0.3 is 14.5 Å². The number of carbonyl (C=O) groups is 1. The molecule has 1 fully saturated rings. The van der Waals surface area contributed by atoms with Crippen molar-refractivity contribution in [1.82, 2.24) is 14.5 Å². The number of methoxy groups -OCH3 is 1. The van der Waals surface area contributed by atoms with E-state index in [1.54, 1.807) is 7.11 Å². The van der Waals surface area contributed by atoms with Crippen LogP contribution in [0.4, 0.5) is 0 Å². The molecule has 0 saturated carbocycles. The van der Waals surface area contributed by atoms with Crippen LogP contribution in [-0.2, 0) is 14.8 Å². The standard InChI is InChI=1S/C17H27N3O4S/c1-19(2)16-12-20(17(21)9-10-18-25(4,22)23)11-15(16)13-5-7-14(24-3)8-6-13/h5-8,15-16,18H,9-12H2,1-4H3/t15-,16+/m0/s1. The van der Waals surface area contributed by atoms with Crippen LogP contribution >= 0.6 is 0 Å². The lowest BCUT2D eigenvalue weighted by Gasteiger charge is -2.25. The summed E-state index contributed by atoms with van der Waals surface area (Å²) in [6.07, 6.45) is 1.26. The van der Waals surface area contributed by atoms with E-state index in [-0.39, 0.29) is 30.8 Å². The first-order chi connectivity index (χ1) is 11.7. The summed E-state index contributed by atoms with van der Waals surface area (Å²) in [5.74, 6) is 0.995. The average molecular weight is 369 g/mol. The van der Waals surface area contributed by atoms with Crippen LogP contribution in [0.25, 0.3) is 0 Å². The molecule has 1 amide bonds. The molecule has 25 heavy (non-hydrogen) atoms. The van der Waals surface area contributed by atoms with Crippen molar-refractivity contribution in [2.75, 3.05) is 47.1 Å². The maximum Gasteiger partial charge on any atom is 0.223 e. The number of likely N-dealkylation sites (N-methyl/N-ethyl adjacent to an activating group) is 1. The molecule has 140 valence electrons. The van der Waals surface area contributed by atoms with Crippen LogP contribution in [0.1, 0.15) is 17.9 Å². The lowest BCUT2D eigenvalue weighted by atomic mass is 9.93. The minimum absolute atomic E-state index is 0.0287. The first-order valence-corrected chi connectivity index (χ1v) is 10.1. The number of sulfonamides is 1. The number of likely N-dealkylation sites (tertiary alicyclic amines) is 1. The molecule has 0 bridgehead atoms. The van der Waals surface area contributed by atoms with Crippen LogP contribution in [0.5, 0.6) is 5.75 Å².